The van der Waals surface area contributed by atoms with Crippen molar-refractivity contribution < 1.29 is 28.5 Å². The summed E-state index contributed by atoms with van der Waals surface area (Å²) in [6, 6.07) is 15.5. The predicted molar refractivity (Wildman–Crippen MR) is 139 cm³/mol. The molecule has 2 aromatic carbocycles. The number of benzene rings is 2. The standard InChI is InChI=1S/C30H33NO6/c1-19-27(30(33)37-18-22-10-7-15-35-22)28(29-23(31-19)11-6-12-24(29)32)21-13-14-25(26(16-21)34-2)36-17-20-8-4-3-5-9-20/h3-5,8-9,13-14,16,22,27-28H,6-7,10-12,15,17-18H2,1-2H3/t22-,27?,28+/m1/s1. The van der Waals surface area contributed by atoms with Gasteiger partial charge in [0.25, 0.3) is 0 Å². The molecule has 2 aromatic rings. The number of Topliss-reactive ketones (excluding diaryl/α,β-unsaturated/α-hetero) is 1. The molecule has 194 valence electrons. The SMILES string of the molecule is COc1cc([C@@H]2C3=C(CCCC3=O)N=C(C)C2C(=O)OC[C@H]2CCCO2)ccc1OCc1ccccc1. The number of ketones is 1. The Labute approximate surface area is 217 Å². The van der Waals surface area contributed by atoms with E-state index in [0.717, 1.165) is 42.5 Å². The minimum Gasteiger partial charge on any atom is -0.493 e. The van der Waals surface area contributed by atoms with Crippen LogP contribution in [0.2, 0.25) is 0 Å². The summed E-state index contributed by atoms with van der Waals surface area (Å²) in [5, 5.41) is 0. The molecule has 2 aliphatic heterocycles. The van der Waals surface area contributed by atoms with Gasteiger partial charge in [-0.2, -0.15) is 0 Å². The van der Waals surface area contributed by atoms with Crippen LogP contribution in [0.25, 0.3) is 0 Å². The van der Waals surface area contributed by atoms with E-state index in [1.54, 1.807) is 7.11 Å². The van der Waals surface area contributed by atoms with Crippen LogP contribution in [-0.4, -0.2) is 43.9 Å². The first kappa shape index (κ1) is 25.2. The Morgan fingerprint density at radius 1 is 1.08 bits per heavy atom. The van der Waals surface area contributed by atoms with Crippen molar-refractivity contribution in [2.75, 3.05) is 20.3 Å². The Morgan fingerprint density at radius 2 is 1.92 bits per heavy atom. The third-order valence-corrected chi connectivity index (χ3v) is 7.31. The summed E-state index contributed by atoms with van der Waals surface area (Å²) in [5.74, 6) is -0.376. The molecule has 37 heavy (non-hydrogen) atoms. The van der Waals surface area contributed by atoms with Crippen molar-refractivity contribution in [1.29, 1.82) is 0 Å². The van der Waals surface area contributed by atoms with Crippen LogP contribution in [0.15, 0.2) is 64.8 Å². The minimum atomic E-state index is -0.692. The lowest BCUT2D eigenvalue weighted by Crippen LogP contribution is -2.38. The quantitative estimate of drug-likeness (QED) is 0.462. The van der Waals surface area contributed by atoms with Crippen molar-refractivity contribution in [3.05, 3.63) is 70.9 Å². The summed E-state index contributed by atoms with van der Waals surface area (Å²) >= 11 is 0. The van der Waals surface area contributed by atoms with Crippen LogP contribution in [0.5, 0.6) is 11.5 Å². The molecule has 1 fully saturated rings. The zero-order valence-electron chi connectivity index (χ0n) is 21.4. The van der Waals surface area contributed by atoms with Crippen LogP contribution < -0.4 is 9.47 Å². The number of rotatable bonds is 8. The van der Waals surface area contributed by atoms with Crippen molar-refractivity contribution >= 4 is 17.5 Å². The molecule has 1 saturated heterocycles. The van der Waals surface area contributed by atoms with E-state index in [1.165, 1.54) is 0 Å². The summed E-state index contributed by atoms with van der Waals surface area (Å²) in [6.45, 7) is 3.16. The van der Waals surface area contributed by atoms with E-state index in [1.807, 2.05) is 55.5 Å². The summed E-state index contributed by atoms with van der Waals surface area (Å²) in [6.07, 6.45) is 3.72. The Bertz CT molecular complexity index is 1210. The number of esters is 1. The summed E-state index contributed by atoms with van der Waals surface area (Å²) in [7, 11) is 1.59. The molecular weight excluding hydrogens is 470 g/mol. The van der Waals surface area contributed by atoms with Crippen LogP contribution in [0.3, 0.4) is 0 Å². The van der Waals surface area contributed by atoms with E-state index in [2.05, 4.69) is 0 Å². The molecule has 3 atom stereocenters. The first-order chi connectivity index (χ1) is 18.0. The molecule has 0 spiro atoms. The number of nitrogens with zero attached hydrogens (tertiary/aromatic N) is 1. The third-order valence-electron chi connectivity index (χ3n) is 7.31. The van der Waals surface area contributed by atoms with E-state index in [9.17, 15) is 9.59 Å². The zero-order valence-corrected chi connectivity index (χ0v) is 21.4. The summed E-state index contributed by atoms with van der Waals surface area (Å²) < 4.78 is 23.1. The van der Waals surface area contributed by atoms with Crippen LogP contribution in [0, 0.1) is 5.92 Å². The second-order valence-corrected chi connectivity index (χ2v) is 9.80. The smallest absolute Gasteiger partial charge is 0.315 e. The normalized spacial score (nSPS) is 23.4. The Balaban J connectivity index is 1.45. The second-order valence-electron chi connectivity index (χ2n) is 9.80. The molecule has 0 saturated carbocycles. The highest BCUT2D eigenvalue weighted by Gasteiger charge is 2.43. The van der Waals surface area contributed by atoms with E-state index in [-0.39, 0.29) is 24.5 Å². The van der Waals surface area contributed by atoms with Gasteiger partial charge in [0, 0.05) is 35.9 Å². The van der Waals surface area contributed by atoms with Crippen molar-refractivity contribution in [2.45, 2.75) is 57.7 Å². The Kier molecular flexibility index (Phi) is 7.70. The molecule has 0 aromatic heterocycles. The van der Waals surface area contributed by atoms with Crippen molar-refractivity contribution in [3.63, 3.8) is 0 Å². The van der Waals surface area contributed by atoms with E-state index < -0.39 is 11.8 Å². The number of hydrogen-bond donors (Lipinski definition) is 0. The van der Waals surface area contributed by atoms with Crippen molar-refractivity contribution in [2.24, 2.45) is 10.9 Å². The lowest BCUT2D eigenvalue weighted by Gasteiger charge is -2.34. The minimum absolute atomic E-state index is 0.0443. The number of methoxy groups -OCH3 is 1. The van der Waals surface area contributed by atoms with Gasteiger partial charge in [0.05, 0.1) is 13.2 Å². The maximum atomic E-state index is 13.5. The molecule has 7 heteroatoms. The average molecular weight is 504 g/mol. The van der Waals surface area contributed by atoms with Crippen molar-refractivity contribution in [1.82, 2.24) is 0 Å². The Hall–Kier alpha value is -3.45. The number of hydrogen-bond acceptors (Lipinski definition) is 7. The van der Waals surface area contributed by atoms with Gasteiger partial charge in [0.2, 0.25) is 0 Å². The average Bonchev–Trinajstić information content (AvgIpc) is 3.44. The molecule has 1 aliphatic carbocycles. The molecule has 5 rings (SSSR count). The fourth-order valence-corrected chi connectivity index (χ4v) is 5.44. The number of allylic oxidation sites excluding steroid dienone is 2. The number of ether oxygens (including phenoxy) is 4. The summed E-state index contributed by atoms with van der Waals surface area (Å²) in [4.78, 5) is 31.4. The van der Waals surface area contributed by atoms with E-state index in [4.69, 9.17) is 23.9 Å². The highest BCUT2D eigenvalue weighted by molar-refractivity contribution is 6.08. The lowest BCUT2D eigenvalue weighted by atomic mass is 9.71. The first-order valence-electron chi connectivity index (χ1n) is 13.0. The van der Waals surface area contributed by atoms with Gasteiger partial charge in [-0.15, -0.1) is 0 Å². The molecule has 0 N–H and O–H groups in total. The molecule has 0 amide bonds. The van der Waals surface area contributed by atoms with Gasteiger partial charge in [-0.25, -0.2) is 0 Å². The predicted octanol–water partition coefficient (Wildman–Crippen LogP) is 5.18. The van der Waals surface area contributed by atoms with Crippen LogP contribution in [0.1, 0.15) is 56.1 Å². The first-order valence-corrected chi connectivity index (χ1v) is 13.0. The van der Waals surface area contributed by atoms with Crippen LogP contribution in [0.4, 0.5) is 0 Å². The van der Waals surface area contributed by atoms with Gasteiger partial charge in [0.15, 0.2) is 17.3 Å². The van der Waals surface area contributed by atoms with Gasteiger partial charge < -0.3 is 18.9 Å². The topological polar surface area (TPSA) is 83.4 Å². The molecule has 1 unspecified atom stereocenters. The number of aliphatic imine (C=N–C) groups is 1. The monoisotopic (exact) mass is 503 g/mol. The number of carbonyl (C=O) groups excluding carboxylic acids is 2. The Morgan fingerprint density at radius 3 is 2.68 bits per heavy atom. The second kappa shape index (κ2) is 11.3. The van der Waals surface area contributed by atoms with Gasteiger partial charge in [-0.3, -0.25) is 14.6 Å². The fraction of sp³-hybridized carbons (Fsp3) is 0.433. The number of carbonyl (C=O) groups is 2. The molecule has 7 nitrogen and oxygen atoms in total. The van der Waals surface area contributed by atoms with E-state index in [0.29, 0.717) is 42.4 Å². The molecule has 3 aliphatic rings. The van der Waals surface area contributed by atoms with Crippen LogP contribution in [-0.2, 0) is 25.7 Å². The fourth-order valence-electron chi connectivity index (χ4n) is 5.44. The lowest BCUT2D eigenvalue weighted by molar-refractivity contribution is -0.149. The van der Waals surface area contributed by atoms with Crippen molar-refractivity contribution in [3.8, 4) is 11.5 Å². The molecule has 0 radical (unpaired) electrons. The zero-order chi connectivity index (χ0) is 25.8. The molecule has 2 heterocycles. The maximum absolute atomic E-state index is 13.5. The molecular formula is C30H33NO6. The van der Waals surface area contributed by atoms with Gasteiger partial charge >= 0.3 is 5.97 Å². The van der Waals surface area contributed by atoms with Gasteiger partial charge in [0.1, 0.15) is 19.1 Å². The highest BCUT2D eigenvalue weighted by Crippen LogP contribution is 2.45. The van der Waals surface area contributed by atoms with Gasteiger partial charge in [-0.05, 0) is 55.9 Å². The molecule has 0 bridgehead atoms. The largest absolute Gasteiger partial charge is 0.493 e. The maximum Gasteiger partial charge on any atom is 0.315 e. The van der Waals surface area contributed by atoms with E-state index >= 15 is 0 Å². The third kappa shape index (κ3) is 5.47. The summed E-state index contributed by atoms with van der Waals surface area (Å²) in [5.41, 5.74) is 3.92. The highest BCUT2D eigenvalue weighted by atomic mass is 16.6. The van der Waals surface area contributed by atoms with Crippen LogP contribution >= 0.6 is 0 Å². The van der Waals surface area contributed by atoms with Gasteiger partial charge in [-0.1, -0.05) is 36.4 Å².